The minimum absolute atomic E-state index is 0.0109. The van der Waals surface area contributed by atoms with Gasteiger partial charge in [0.1, 0.15) is 0 Å². The van der Waals surface area contributed by atoms with Crippen LogP contribution in [-0.4, -0.2) is 22.4 Å². The molecule has 0 aliphatic heterocycles. The third kappa shape index (κ3) is 3.95. The lowest BCUT2D eigenvalue weighted by Gasteiger charge is -2.16. The van der Waals surface area contributed by atoms with Gasteiger partial charge in [-0.25, -0.2) is 4.68 Å². The molecule has 1 fully saturated rings. The summed E-state index contributed by atoms with van der Waals surface area (Å²) in [5.74, 6) is 0. The average Bonchev–Trinajstić information content (AvgIpc) is 2.62. The number of rotatable bonds is 4. The highest BCUT2D eigenvalue weighted by Crippen LogP contribution is 2.16. The molecule has 1 aliphatic carbocycles. The third-order valence-electron chi connectivity index (χ3n) is 3.61. The standard InChI is InChI=1S/C14H23N3O/c1-12-8-9-14(18)17(16-12)11-10-15-13-6-4-2-3-5-7-13/h8-9,13,15H,2-7,10-11H2,1H3. The van der Waals surface area contributed by atoms with Gasteiger partial charge in [-0.05, 0) is 25.8 Å². The summed E-state index contributed by atoms with van der Waals surface area (Å²) in [6, 6.07) is 3.99. The molecular weight excluding hydrogens is 226 g/mol. The highest BCUT2D eigenvalue weighted by molar-refractivity contribution is 4.97. The summed E-state index contributed by atoms with van der Waals surface area (Å²) in [5, 5.41) is 7.80. The van der Waals surface area contributed by atoms with Crippen molar-refractivity contribution in [3.63, 3.8) is 0 Å². The van der Waals surface area contributed by atoms with Gasteiger partial charge >= 0.3 is 0 Å². The molecule has 4 nitrogen and oxygen atoms in total. The van der Waals surface area contributed by atoms with Crippen LogP contribution in [0.4, 0.5) is 0 Å². The monoisotopic (exact) mass is 249 g/mol. The Labute approximate surface area is 108 Å². The summed E-state index contributed by atoms with van der Waals surface area (Å²) < 4.78 is 1.55. The summed E-state index contributed by atoms with van der Waals surface area (Å²) in [4.78, 5) is 11.6. The minimum Gasteiger partial charge on any atom is -0.312 e. The fourth-order valence-corrected chi connectivity index (χ4v) is 2.57. The molecule has 1 N–H and O–H groups in total. The van der Waals surface area contributed by atoms with E-state index >= 15 is 0 Å². The number of nitrogens with one attached hydrogen (secondary N) is 1. The van der Waals surface area contributed by atoms with Crippen molar-refractivity contribution in [2.45, 2.75) is 58.0 Å². The van der Waals surface area contributed by atoms with E-state index in [0.29, 0.717) is 12.6 Å². The molecule has 0 unspecified atom stereocenters. The molecule has 1 saturated carbocycles. The van der Waals surface area contributed by atoms with E-state index < -0.39 is 0 Å². The summed E-state index contributed by atoms with van der Waals surface area (Å²) in [6.45, 7) is 3.41. The molecule has 1 aliphatic rings. The Morgan fingerprint density at radius 2 is 2.00 bits per heavy atom. The fraction of sp³-hybridized carbons (Fsp3) is 0.714. The van der Waals surface area contributed by atoms with Gasteiger partial charge in [-0.2, -0.15) is 5.10 Å². The smallest absolute Gasteiger partial charge is 0.266 e. The maximum absolute atomic E-state index is 11.6. The van der Waals surface area contributed by atoms with Crippen molar-refractivity contribution in [1.29, 1.82) is 0 Å². The molecule has 0 amide bonds. The molecular formula is C14H23N3O. The van der Waals surface area contributed by atoms with E-state index in [1.807, 2.05) is 6.92 Å². The lowest BCUT2D eigenvalue weighted by atomic mass is 10.1. The first-order chi connectivity index (χ1) is 8.75. The van der Waals surface area contributed by atoms with Crippen molar-refractivity contribution >= 4 is 0 Å². The Bertz CT molecular complexity index is 419. The van der Waals surface area contributed by atoms with Crippen LogP contribution in [0.15, 0.2) is 16.9 Å². The highest BCUT2D eigenvalue weighted by Gasteiger charge is 2.11. The first kappa shape index (κ1) is 13.3. The molecule has 4 heteroatoms. The van der Waals surface area contributed by atoms with Gasteiger partial charge in [0.25, 0.3) is 5.56 Å². The third-order valence-corrected chi connectivity index (χ3v) is 3.61. The van der Waals surface area contributed by atoms with Gasteiger partial charge in [0.15, 0.2) is 0 Å². The van der Waals surface area contributed by atoms with Crippen LogP contribution in [0, 0.1) is 6.92 Å². The van der Waals surface area contributed by atoms with E-state index in [1.165, 1.54) is 38.5 Å². The molecule has 0 bridgehead atoms. The number of nitrogens with zero attached hydrogens (tertiary/aromatic N) is 2. The first-order valence-corrected chi connectivity index (χ1v) is 7.04. The van der Waals surface area contributed by atoms with Crippen LogP contribution in [0.5, 0.6) is 0 Å². The predicted molar refractivity (Wildman–Crippen MR) is 72.7 cm³/mol. The fourth-order valence-electron chi connectivity index (χ4n) is 2.57. The van der Waals surface area contributed by atoms with Gasteiger partial charge in [0.05, 0.1) is 12.2 Å². The second-order valence-electron chi connectivity index (χ2n) is 5.18. The molecule has 1 heterocycles. The molecule has 1 aromatic heterocycles. The Kier molecular flexibility index (Phi) is 4.93. The van der Waals surface area contributed by atoms with Gasteiger partial charge < -0.3 is 5.32 Å². The van der Waals surface area contributed by atoms with Crippen molar-refractivity contribution in [1.82, 2.24) is 15.1 Å². The second-order valence-corrected chi connectivity index (χ2v) is 5.18. The molecule has 0 saturated heterocycles. The van der Waals surface area contributed by atoms with E-state index in [4.69, 9.17) is 0 Å². The van der Waals surface area contributed by atoms with E-state index in [-0.39, 0.29) is 5.56 Å². The quantitative estimate of drug-likeness (QED) is 0.829. The highest BCUT2D eigenvalue weighted by atomic mass is 16.1. The first-order valence-electron chi connectivity index (χ1n) is 7.04. The van der Waals surface area contributed by atoms with Crippen LogP contribution in [-0.2, 0) is 6.54 Å². The van der Waals surface area contributed by atoms with Crippen LogP contribution < -0.4 is 10.9 Å². The maximum atomic E-state index is 11.6. The Morgan fingerprint density at radius 3 is 2.72 bits per heavy atom. The molecule has 18 heavy (non-hydrogen) atoms. The minimum atomic E-state index is -0.0109. The lowest BCUT2D eigenvalue weighted by molar-refractivity contribution is 0.430. The summed E-state index contributed by atoms with van der Waals surface area (Å²) in [5.41, 5.74) is 0.882. The zero-order valence-corrected chi connectivity index (χ0v) is 11.2. The molecule has 100 valence electrons. The maximum Gasteiger partial charge on any atom is 0.266 e. The van der Waals surface area contributed by atoms with E-state index in [2.05, 4.69) is 10.4 Å². The van der Waals surface area contributed by atoms with Crippen LogP contribution in [0.3, 0.4) is 0 Å². The molecule has 0 spiro atoms. The van der Waals surface area contributed by atoms with Crippen molar-refractivity contribution in [3.8, 4) is 0 Å². The van der Waals surface area contributed by atoms with Gasteiger partial charge in [-0.15, -0.1) is 0 Å². The normalized spacial score (nSPS) is 17.6. The number of aryl methyl sites for hydroxylation is 1. The summed E-state index contributed by atoms with van der Waals surface area (Å²) in [6.07, 6.45) is 7.96. The van der Waals surface area contributed by atoms with Gasteiger partial charge in [0, 0.05) is 18.7 Å². The number of hydrogen-bond acceptors (Lipinski definition) is 3. The van der Waals surface area contributed by atoms with E-state index in [9.17, 15) is 4.79 Å². The molecule has 2 rings (SSSR count). The van der Waals surface area contributed by atoms with Crippen LogP contribution in [0.1, 0.15) is 44.2 Å². The number of aromatic nitrogens is 2. The van der Waals surface area contributed by atoms with Gasteiger partial charge in [-0.3, -0.25) is 4.79 Å². The Hall–Kier alpha value is -1.16. The van der Waals surface area contributed by atoms with Gasteiger partial charge in [0.2, 0.25) is 0 Å². The van der Waals surface area contributed by atoms with Gasteiger partial charge in [-0.1, -0.05) is 25.7 Å². The van der Waals surface area contributed by atoms with Crippen molar-refractivity contribution in [3.05, 3.63) is 28.2 Å². The lowest BCUT2D eigenvalue weighted by Crippen LogP contribution is -2.34. The topological polar surface area (TPSA) is 46.9 Å². The van der Waals surface area contributed by atoms with E-state index in [1.54, 1.807) is 16.8 Å². The predicted octanol–water partition coefficient (Wildman–Crippen LogP) is 1.86. The van der Waals surface area contributed by atoms with Crippen molar-refractivity contribution in [2.75, 3.05) is 6.54 Å². The largest absolute Gasteiger partial charge is 0.312 e. The molecule has 0 radical (unpaired) electrons. The number of hydrogen-bond donors (Lipinski definition) is 1. The molecule has 0 atom stereocenters. The van der Waals surface area contributed by atoms with E-state index in [0.717, 1.165) is 12.2 Å². The van der Waals surface area contributed by atoms with Crippen molar-refractivity contribution in [2.24, 2.45) is 0 Å². The average molecular weight is 249 g/mol. The van der Waals surface area contributed by atoms with Crippen LogP contribution in [0.2, 0.25) is 0 Å². The van der Waals surface area contributed by atoms with Crippen LogP contribution >= 0.6 is 0 Å². The van der Waals surface area contributed by atoms with Crippen molar-refractivity contribution < 1.29 is 0 Å². The Morgan fingerprint density at radius 1 is 1.28 bits per heavy atom. The molecule has 1 aromatic rings. The zero-order valence-electron chi connectivity index (χ0n) is 11.2. The Balaban J connectivity index is 1.80. The second kappa shape index (κ2) is 6.69. The van der Waals surface area contributed by atoms with Crippen LogP contribution in [0.25, 0.3) is 0 Å². The SMILES string of the molecule is Cc1ccc(=O)n(CCNC2CCCCCC2)n1. The zero-order chi connectivity index (χ0) is 12.8. The summed E-state index contributed by atoms with van der Waals surface area (Å²) in [7, 11) is 0. The summed E-state index contributed by atoms with van der Waals surface area (Å²) >= 11 is 0. The molecule has 0 aromatic carbocycles.